The molecule has 0 atom stereocenters. The summed E-state index contributed by atoms with van der Waals surface area (Å²) in [6.07, 6.45) is 1.87. The number of rotatable bonds is 4. The van der Waals surface area contributed by atoms with Crippen LogP contribution in [-0.2, 0) is 11.3 Å². The average Bonchev–Trinajstić information content (AvgIpc) is 2.91. The lowest BCUT2D eigenvalue weighted by Crippen LogP contribution is -2.27. The minimum atomic E-state index is -0.145. The van der Waals surface area contributed by atoms with Crippen LogP contribution < -0.4 is 5.32 Å². The second-order valence-electron chi connectivity index (χ2n) is 6.61. The van der Waals surface area contributed by atoms with Crippen LogP contribution in [0.2, 0.25) is 0 Å². The summed E-state index contributed by atoms with van der Waals surface area (Å²) in [5.74, 6) is 1.00. The number of carbonyl (C=O) groups excluding carboxylic acids is 1. The maximum atomic E-state index is 12.6. The first-order chi connectivity index (χ1) is 12.0. The number of aromatic nitrogens is 4. The highest BCUT2D eigenvalue weighted by Gasteiger charge is 2.22. The molecule has 1 aliphatic rings. The second kappa shape index (κ2) is 7.31. The first-order valence-electron chi connectivity index (χ1n) is 8.69. The normalized spacial score (nSPS) is 15.4. The Hall–Kier alpha value is -2.28. The Kier molecular flexibility index (Phi) is 5.13. The topological polar surface area (TPSA) is 92.8 Å². The van der Waals surface area contributed by atoms with Gasteiger partial charge in [0.1, 0.15) is 5.82 Å². The zero-order valence-corrected chi connectivity index (χ0v) is 15.3. The number of aromatic amines is 1. The van der Waals surface area contributed by atoms with Crippen LogP contribution in [0, 0.1) is 27.7 Å². The molecule has 1 saturated heterocycles. The van der Waals surface area contributed by atoms with Gasteiger partial charge in [0.2, 0.25) is 0 Å². The SMILES string of the molecule is Cc1n[nH]c(C)c1CNC(=O)c1c(C)nc(C2CCOCC2)nc1C. The molecule has 3 rings (SSSR count). The van der Waals surface area contributed by atoms with E-state index in [-0.39, 0.29) is 5.91 Å². The molecule has 0 unspecified atom stereocenters. The van der Waals surface area contributed by atoms with Crippen molar-refractivity contribution < 1.29 is 9.53 Å². The molecule has 7 heteroatoms. The standard InChI is InChI=1S/C18H25N5O2/c1-10-15(11(2)23-22-10)9-19-18(24)16-12(3)20-17(21-13(16)4)14-5-7-25-8-6-14/h14H,5-9H2,1-4H3,(H,19,24)(H,22,23). The fraction of sp³-hybridized carbons (Fsp3) is 0.556. The molecule has 0 aliphatic carbocycles. The van der Waals surface area contributed by atoms with Gasteiger partial charge in [0.25, 0.3) is 5.91 Å². The molecule has 3 heterocycles. The van der Waals surface area contributed by atoms with Crippen LogP contribution in [0.3, 0.4) is 0 Å². The highest BCUT2D eigenvalue weighted by atomic mass is 16.5. The molecule has 0 aromatic carbocycles. The number of hydrogen-bond acceptors (Lipinski definition) is 5. The van der Waals surface area contributed by atoms with Crippen molar-refractivity contribution in [3.05, 3.63) is 39.7 Å². The van der Waals surface area contributed by atoms with Crippen molar-refractivity contribution >= 4 is 5.91 Å². The van der Waals surface area contributed by atoms with E-state index < -0.39 is 0 Å². The summed E-state index contributed by atoms with van der Waals surface area (Å²) in [4.78, 5) is 21.9. The van der Waals surface area contributed by atoms with E-state index in [0.29, 0.717) is 18.0 Å². The number of carbonyl (C=O) groups is 1. The summed E-state index contributed by atoms with van der Waals surface area (Å²) in [6.45, 7) is 9.56. The summed E-state index contributed by atoms with van der Waals surface area (Å²) in [7, 11) is 0. The van der Waals surface area contributed by atoms with E-state index in [1.54, 1.807) is 0 Å². The highest BCUT2D eigenvalue weighted by Crippen LogP contribution is 2.25. The Balaban J connectivity index is 1.76. The smallest absolute Gasteiger partial charge is 0.255 e. The van der Waals surface area contributed by atoms with Gasteiger partial charge in [-0.3, -0.25) is 9.89 Å². The zero-order valence-electron chi connectivity index (χ0n) is 15.3. The van der Waals surface area contributed by atoms with Crippen LogP contribution in [-0.4, -0.2) is 39.3 Å². The summed E-state index contributed by atoms with van der Waals surface area (Å²) in [5, 5.41) is 10.0. The Morgan fingerprint density at radius 1 is 1.12 bits per heavy atom. The van der Waals surface area contributed by atoms with Crippen molar-refractivity contribution in [3.8, 4) is 0 Å². The Bertz CT molecular complexity index is 735. The van der Waals surface area contributed by atoms with Crippen LogP contribution in [0.1, 0.15) is 63.3 Å². The average molecular weight is 343 g/mol. The molecule has 0 radical (unpaired) electrons. The Morgan fingerprint density at radius 3 is 2.32 bits per heavy atom. The molecule has 25 heavy (non-hydrogen) atoms. The van der Waals surface area contributed by atoms with Crippen molar-refractivity contribution in [1.29, 1.82) is 0 Å². The molecule has 0 spiro atoms. The van der Waals surface area contributed by atoms with Gasteiger partial charge in [-0.2, -0.15) is 5.10 Å². The maximum absolute atomic E-state index is 12.6. The summed E-state index contributed by atoms with van der Waals surface area (Å²) < 4.78 is 5.40. The van der Waals surface area contributed by atoms with E-state index in [9.17, 15) is 4.79 Å². The molecule has 7 nitrogen and oxygen atoms in total. The minimum Gasteiger partial charge on any atom is -0.381 e. The van der Waals surface area contributed by atoms with Gasteiger partial charge in [-0.15, -0.1) is 0 Å². The molecule has 0 saturated carbocycles. The van der Waals surface area contributed by atoms with E-state index in [4.69, 9.17) is 4.74 Å². The number of nitrogens with one attached hydrogen (secondary N) is 2. The summed E-state index contributed by atoms with van der Waals surface area (Å²) >= 11 is 0. The molecule has 2 aromatic rings. The molecule has 2 aromatic heterocycles. The van der Waals surface area contributed by atoms with Crippen LogP contribution in [0.5, 0.6) is 0 Å². The molecule has 2 N–H and O–H groups in total. The van der Waals surface area contributed by atoms with Crippen molar-refractivity contribution in [2.75, 3.05) is 13.2 Å². The van der Waals surface area contributed by atoms with Gasteiger partial charge < -0.3 is 10.1 Å². The van der Waals surface area contributed by atoms with E-state index in [1.807, 2.05) is 27.7 Å². The number of aryl methyl sites for hydroxylation is 4. The third kappa shape index (κ3) is 3.71. The number of nitrogens with zero attached hydrogens (tertiary/aromatic N) is 3. The molecule has 1 amide bonds. The van der Waals surface area contributed by atoms with Gasteiger partial charge in [0, 0.05) is 36.9 Å². The molecule has 0 bridgehead atoms. The minimum absolute atomic E-state index is 0.145. The zero-order chi connectivity index (χ0) is 18.0. The largest absolute Gasteiger partial charge is 0.381 e. The van der Waals surface area contributed by atoms with Gasteiger partial charge in [-0.25, -0.2) is 9.97 Å². The van der Waals surface area contributed by atoms with Crippen LogP contribution in [0.25, 0.3) is 0 Å². The molecular formula is C18H25N5O2. The van der Waals surface area contributed by atoms with Gasteiger partial charge in [-0.05, 0) is 40.5 Å². The fourth-order valence-electron chi connectivity index (χ4n) is 3.30. The van der Waals surface area contributed by atoms with Gasteiger partial charge in [0.15, 0.2) is 0 Å². The summed E-state index contributed by atoms with van der Waals surface area (Å²) in [5.41, 5.74) is 4.91. The first kappa shape index (κ1) is 17.5. The van der Waals surface area contributed by atoms with Gasteiger partial charge in [-0.1, -0.05) is 0 Å². The number of hydrogen-bond donors (Lipinski definition) is 2. The van der Waals surface area contributed by atoms with Crippen molar-refractivity contribution in [3.63, 3.8) is 0 Å². The van der Waals surface area contributed by atoms with Crippen molar-refractivity contribution in [2.24, 2.45) is 0 Å². The predicted molar refractivity (Wildman–Crippen MR) is 93.5 cm³/mol. The number of ether oxygens (including phenoxy) is 1. The Labute approximate surface area is 147 Å². The predicted octanol–water partition coefficient (Wildman–Crippen LogP) is 2.26. The fourth-order valence-corrected chi connectivity index (χ4v) is 3.30. The van der Waals surface area contributed by atoms with Crippen LogP contribution in [0.4, 0.5) is 0 Å². The lowest BCUT2D eigenvalue weighted by molar-refractivity contribution is 0.0834. The molecule has 134 valence electrons. The third-order valence-corrected chi connectivity index (χ3v) is 4.81. The van der Waals surface area contributed by atoms with E-state index >= 15 is 0 Å². The molecule has 1 fully saturated rings. The quantitative estimate of drug-likeness (QED) is 0.888. The number of H-pyrrole nitrogens is 1. The summed E-state index contributed by atoms with van der Waals surface area (Å²) in [6, 6.07) is 0. The van der Waals surface area contributed by atoms with Crippen LogP contribution >= 0.6 is 0 Å². The molecule has 1 aliphatic heterocycles. The van der Waals surface area contributed by atoms with Crippen LogP contribution in [0.15, 0.2) is 0 Å². The molecular weight excluding hydrogens is 318 g/mol. The monoisotopic (exact) mass is 343 g/mol. The van der Waals surface area contributed by atoms with Crippen molar-refractivity contribution in [2.45, 2.75) is 53.0 Å². The number of amides is 1. The van der Waals surface area contributed by atoms with E-state index in [0.717, 1.165) is 60.2 Å². The lowest BCUT2D eigenvalue weighted by Gasteiger charge is -2.22. The Morgan fingerprint density at radius 2 is 1.76 bits per heavy atom. The van der Waals surface area contributed by atoms with Crippen molar-refractivity contribution in [1.82, 2.24) is 25.5 Å². The second-order valence-corrected chi connectivity index (χ2v) is 6.61. The first-order valence-corrected chi connectivity index (χ1v) is 8.69. The third-order valence-electron chi connectivity index (χ3n) is 4.81. The van der Waals surface area contributed by atoms with E-state index in [1.165, 1.54) is 0 Å². The van der Waals surface area contributed by atoms with Gasteiger partial charge >= 0.3 is 0 Å². The highest BCUT2D eigenvalue weighted by molar-refractivity contribution is 5.96. The maximum Gasteiger partial charge on any atom is 0.255 e. The van der Waals surface area contributed by atoms with Gasteiger partial charge in [0.05, 0.1) is 22.6 Å². The lowest BCUT2D eigenvalue weighted by atomic mass is 9.98. The van der Waals surface area contributed by atoms with E-state index in [2.05, 4.69) is 25.5 Å².